The largest absolute Gasteiger partial charge is 0.302 e. The number of halogens is 1. The molecule has 3 nitrogen and oxygen atoms in total. The van der Waals surface area contributed by atoms with E-state index in [0.29, 0.717) is 13.0 Å². The minimum atomic E-state index is -0.402. The molecule has 22 heavy (non-hydrogen) atoms. The molecule has 122 valence electrons. The van der Waals surface area contributed by atoms with Gasteiger partial charge in [0.2, 0.25) is 0 Å². The lowest BCUT2D eigenvalue weighted by Crippen LogP contribution is -2.31. The number of rotatable bonds is 9. The predicted molar refractivity (Wildman–Crippen MR) is 98.3 cm³/mol. The van der Waals surface area contributed by atoms with Gasteiger partial charge in [0.1, 0.15) is 6.67 Å². The van der Waals surface area contributed by atoms with E-state index in [1.807, 2.05) is 18.4 Å². The Morgan fingerprint density at radius 3 is 3.00 bits per heavy atom. The van der Waals surface area contributed by atoms with Gasteiger partial charge in [-0.1, -0.05) is 37.3 Å². The maximum Gasteiger partial charge on any atom is 0.101 e. The Morgan fingerprint density at radius 2 is 2.23 bits per heavy atom. The van der Waals surface area contributed by atoms with E-state index in [4.69, 9.17) is 0 Å². The van der Waals surface area contributed by atoms with Gasteiger partial charge in [-0.3, -0.25) is 9.98 Å². The van der Waals surface area contributed by atoms with Crippen molar-refractivity contribution in [1.29, 1.82) is 0 Å². The number of hydrogen-bond acceptors (Lipinski definition) is 4. The highest BCUT2D eigenvalue weighted by Gasteiger charge is 2.04. The van der Waals surface area contributed by atoms with Gasteiger partial charge in [-0.15, -0.1) is 0 Å². The third kappa shape index (κ3) is 8.95. The lowest BCUT2D eigenvalue weighted by Gasteiger charge is -2.13. The molecule has 0 aliphatic carbocycles. The van der Waals surface area contributed by atoms with Crippen molar-refractivity contribution in [2.24, 2.45) is 9.98 Å². The van der Waals surface area contributed by atoms with E-state index in [2.05, 4.69) is 53.1 Å². The summed E-state index contributed by atoms with van der Waals surface area (Å²) in [4.78, 5) is 8.57. The molecule has 2 atom stereocenters. The normalized spacial score (nSPS) is 19.9. The third-order valence-corrected chi connectivity index (χ3v) is 3.45. The van der Waals surface area contributed by atoms with Crippen LogP contribution in [0, 0.1) is 0 Å². The van der Waals surface area contributed by atoms with Gasteiger partial charge in [0.15, 0.2) is 0 Å². The van der Waals surface area contributed by atoms with Crippen LogP contribution in [-0.4, -0.2) is 43.0 Å². The van der Waals surface area contributed by atoms with Crippen LogP contribution in [0.25, 0.3) is 0 Å². The molecule has 0 spiro atoms. The number of alkyl halides is 1. The average Bonchev–Trinajstić information content (AvgIpc) is 2.50. The zero-order valence-electron chi connectivity index (χ0n) is 13.2. The van der Waals surface area contributed by atoms with Crippen molar-refractivity contribution in [3.8, 4) is 0 Å². The number of thiol groups is 1. The van der Waals surface area contributed by atoms with Gasteiger partial charge in [0.25, 0.3) is 0 Å². The summed E-state index contributed by atoms with van der Waals surface area (Å²) in [6.07, 6.45) is 16.4. The first kappa shape index (κ1) is 18.8. The number of aliphatic imine (C=N–C) groups is 2. The summed E-state index contributed by atoms with van der Waals surface area (Å²) in [5, 5.41) is 3.25. The molecule has 0 aromatic carbocycles. The fourth-order valence-corrected chi connectivity index (χ4v) is 2.01. The van der Waals surface area contributed by atoms with E-state index in [9.17, 15) is 4.39 Å². The molecule has 0 saturated carbocycles. The molecule has 1 N–H and O–H groups in total. The molecule has 0 aromatic heterocycles. The molecule has 1 unspecified atom stereocenters. The molecule has 1 heterocycles. The van der Waals surface area contributed by atoms with Gasteiger partial charge in [-0.25, -0.2) is 4.39 Å². The fraction of sp³-hybridized carbons (Fsp3) is 0.529. The average molecular weight is 323 g/mol. The molecule has 0 aromatic rings. The molecule has 0 amide bonds. The first-order valence-corrected chi connectivity index (χ1v) is 8.27. The Balaban J connectivity index is 2.51. The van der Waals surface area contributed by atoms with Gasteiger partial charge >= 0.3 is 0 Å². The lowest BCUT2D eigenvalue weighted by atomic mass is 10.1. The van der Waals surface area contributed by atoms with E-state index in [1.165, 1.54) is 0 Å². The van der Waals surface area contributed by atoms with Gasteiger partial charge in [0.05, 0.1) is 6.54 Å². The highest BCUT2D eigenvalue weighted by molar-refractivity contribution is 7.81. The summed E-state index contributed by atoms with van der Waals surface area (Å²) in [5.74, 6) is 0. The molecule has 1 aliphatic rings. The highest BCUT2D eigenvalue weighted by Crippen LogP contribution is 2.04. The number of allylic oxidation sites excluding steroid dienone is 3. The van der Waals surface area contributed by atoms with Crippen LogP contribution in [0.2, 0.25) is 0 Å². The highest BCUT2D eigenvalue weighted by atomic mass is 32.1. The van der Waals surface area contributed by atoms with E-state index >= 15 is 0 Å². The van der Waals surface area contributed by atoms with Crippen molar-refractivity contribution in [3.05, 3.63) is 36.6 Å². The summed E-state index contributed by atoms with van der Waals surface area (Å²) in [6, 6.07) is 0.130. The standard InChI is InChI=1S/C17H26FN3S/c1-2-3-6-15(7-4-9-17(22)13-18)21-14-16-8-5-10-19-11-12-20-16/h3-7,10-11,15,17,21-22H,2,8-9,12-14H2,1H3/b6-3-,7-4+,10-5-,19-11?,20-16?/t15?,17-/m0/s1. The van der Waals surface area contributed by atoms with Crippen LogP contribution in [0.1, 0.15) is 26.2 Å². The van der Waals surface area contributed by atoms with E-state index in [-0.39, 0.29) is 11.3 Å². The molecular weight excluding hydrogens is 297 g/mol. The van der Waals surface area contributed by atoms with Crippen LogP contribution in [0.3, 0.4) is 0 Å². The van der Waals surface area contributed by atoms with Gasteiger partial charge < -0.3 is 5.32 Å². The lowest BCUT2D eigenvalue weighted by molar-refractivity contribution is 0.485. The Kier molecular flexibility index (Phi) is 10.6. The molecule has 0 radical (unpaired) electrons. The second kappa shape index (κ2) is 12.4. The molecule has 0 saturated heterocycles. The number of hydrogen-bond donors (Lipinski definition) is 2. The molecule has 5 heteroatoms. The summed E-state index contributed by atoms with van der Waals surface area (Å²) in [6.45, 7) is 3.06. The zero-order chi connectivity index (χ0) is 16.0. The maximum absolute atomic E-state index is 12.4. The minimum absolute atomic E-state index is 0.130. The quantitative estimate of drug-likeness (QED) is 0.494. The van der Waals surface area contributed by atoms with Crippen molar-refractivity contribution in [2.45, 2.75) is 37.5 Å². The minimum Gasteiger partial charge on any atom is -0.302 e. The van der Waals surface area contributed by atoms with Gasteiger partial charge in [-0.2, -0.15) is 12.6 Å². The summed E-state index contributed by atoms with van der Waals surface area (Å²) in [7, 11) is 0. The third-order valence-electron chi connectivity index (χ3n) is 3.10. The fourth-order valence-electron chi connectivity index (χ4n) is 1.88. The monoisotopic (exact) mass is 323 g/mol. The Morgan fingerprint density at radius 1 is 1.41 bits per heavy atom. The summed E-state index contributed by atoms with van der Waals surface area (Å²) >= 11 is 4.16. The second-order valence-electron chi connectivity index (χ2n) is 5.04. The second-order valence-corrected chi connectivity index (χ2v) is 5.77. The number of nitrogens with zero attached hydrogens (tertiary/aromatic N) is 2. The van der Waals surface area contributed by atoms with E-state index in [0.717, 1.165) is 25.1 Å². The van der Waals surface area contributed by atoms with E-state index < -0.39 is 6.67 Å². The van der Waals surface area contributed by atoms with Crippen LogP contribution >= 0.6 is 12.6 Å². The molecule has 1 aliphatic heterocycles. The van der Waals surface area contributed by atoms with Crippen LogP contribution in [-0.2, 0) is 0 Å². The van der Waals surface area contributed by atoms with E-state index in [1.54, 1.807) is 6.21 Å². The Bertz CT molecular complexity index is 441. The molecule has 0 fully saturated rings. The first-order chi connectivity index (χ1) is 10.8. The van der Waals surface area contributed by atoms with Crippen LogP contribution < -0.4 is 5.32 Å². The van der Waals surface area contributed by atoms with Crippen molar-refractivity contribution in [2.75, 3.05) is 19.8 Å². The number of nitrogens with one attached hydrogen (secondary N) is 1. The van der Waals surface area contributed by atoms with Gasteiger partial charge in [-0.05, 0) is 12.8 Å². The summed E-state index contributed by atoms with van der Waals surface area (Å²) < 4.78 is 12.4. The smallest absolute Gasteiger partial charge is 0.101 e. The van der Waals surface area contributed by atoms with Crippen molar-refractivity contribution in [1.82, 2.24) is 5.32 Å². The van der Waals surface area contributed by atoms with Crippen molar-refractivity contribution < 1.29 is 4.39 Å². The Labute approximate surface area is 138 Å². The maximum atomic E-state index is 12.4. The Hall–Kier alpha value is -1.20. The SMILES string of the molecule is CC/C=C\C(/C=C/C[C@H](S)CF)NCC1=NCC=N/C=C\C1. The van der Waals surface area contributed by atoms with Crippen molar-refractivity contribution in [3.63, 3.8) is 0 Å². The predicted octanol–water partition coefficient (Wildman–Crippen LogP) is 3.55. The van der Waals surface area contributed by atoms with Crippen LogP contribution in [0.15, 0.2) is 46.6 Å². The first-order valence-electron chi connectivity index (χ1n) is 7.75. The van der Waals surface area contributed by atoms with Gasteiger partial charge in [0, 0.05) is 42.4 Å². The summed E-state index contributed by atoms with van der Waals surface area (Å²) in [5.41, 5.74) is 1.11. The topological polar surface area (TPSA) is 36.8 Å². The van der Waals surface area contributed by atoms with Crippen LogP contribution in [0.5, 0.6) is 0 Å². The van der Waals surface area contributed by atoms with Crippen molar-refractivity contribution >= 4 is 24.6 Å². The zero-order valence-corrected chi connectivity index (χ0v) is 14.1. The van der Waals surface area contributed by atoms with Crippen LogP contribution in [0.4, 0.5) is 4.39 Å². The molecule has 0 bridgehead atoms. The molecule has 1 rings (SSSR count). The molecular formula is C17H26FN3S.